The molecule has 0 saturated carbocycles. The Bertz CT molecular complexity index is 816. The monoisotopic (exact) mass is 328 g/mol. The van der Waals surface area contributed by atoms with Crippen molar-refractivity contribution in [3.63, 3.8) is 0 Å². The van der Waals surface area contributed by atoms with Crippen molar-refractivity contribution in [3.8, 4) is 11.3 Å². The molecule has 10 heteroatoms. The SMILES string of the molecule is Cn1cc(-c2cccc(F)c2)nc1C(=NCS(=O)(=O)O)NO. The first-order valence-electron chi connectivity index (χ1n) is 5.99. The lowest BCUT2D eigenvalue weighted by atomic mass is 10.2. The Labute approximate surface area is 125 Å². The number of hydroxylamine groups is 1. The van der Waals surface area contributed by atoms with Crippen LogP contribution in [0.1, 0.15) is 5.82 Å². The number of amidine groups is 1. The molecular formula is C12H13FN4O4S. The quantitative estimate of drug-likeness (QED) is 0.331. The van der Waals surface area contributed by atoms with E-state index in [0.717, 1.165) is 0 Å². The summed E-state index contributed by atoms with van der Waals surface area (Å²) in [6.07, 6.45) is 1.56. The van der Waals surface area contributed by atoms with E-state index in [1.165, 1.54) is 22.8 Å². The van der Waals surface area contributed by atoms with Gasteiger partial charge in [-0.25, -0.2) is 19.8 Å². The molecule has 0 aliphatic carbocycles. The highest BCUT2D eigenvalue weighted by molar-refractivity contribution is 7.85. The lowest BCUT2D eigenvalue weighted by Crippen LogP contribution is -2.25. The van der Waals surface area contributed by atoms with Gasteiger partial charge < -0.3 is 4.57 Å². The third-order valence-electron chi connectivity index (χ3n) is 2.70. The second kappa shape index (κ2) is 6.22. The fraction of sp³-hybridized carbons (Fsp3) is 0.167. The van der Waals surface area contributed by atoms with Crippen molar-refractivity contribution < 1.29 is 22.6 Å². The summed E-state index contributed by atoms with van der Waals surface area (Å²) in [6, 6.07) is 5.75. The molecule has 2 rings (SSSR count). The average Bonchev–Trinajstić information content (AvgIpc) is 2.81. The van der Waals surface area contributed by atoms with Crippen LogP contribution in [0.5, 0.6) is 0 Å². The van der Waals surface area contributed by atoms with Gasteiger partial charge in [0.05, 0.1) is 5.69 Å². The number of halogens is 1. The summed E-state index contributed by atoms with van der Waals surface area (Å²) in [6.45, 7) is 0. The predicted octanol–water partition coefficient (Wildman–Crippen LogP) is 0.797. The van der Waals surface area contributed by atoms with Gasteiger partial charge in [-0.05, 0) is 12.1 Å². The van der Waals surface area contributed by atoms with Crippen LogP contribution in [0.3, 0.4) is 0 Å². The minimum atomic E-state index is -4.33. The van der Waals surface area contributed by atoms with E-state index >= 15 is 0 Å². The van der Waals surface area contributed by atoms with Crippen molar-refractivity contribution in [2.75, 3.05) is 5.88 Å². The minimum absolute atomic E-state index is 0.116. The standard InChI is InChI=1S/C12H13FN4O4S/c1-17-6-10(8-3-2-4-9(13)5-8)15-12(17)11(16-18)14-7-22(19,20)21/h2-6,18H,7H2,1H3,(H,14,16)(H,19,20,21). The van der Waals surface area contributed by atoms with E-state index in [4.69, 9.17) is 9.76 Å². The van der Waals surface area contributed by atoms with Crippen LogP contribution in [-0.4, -0.2) is 39.4 Å². The number of aromatic nitrogens is 2. The zero-order valence-corrected chi connectivity index (χ0v) is 12.2. The number of benzene rings is 1. The molecule has 0 amide bonds. The van der Waals surface area contributed by atoms with E-state index in [1.807, 2.05) is 0 Å². The van der Waals surface area contributed by atoms with Crippen LogP contribution >= 0.6 is 0 Å². The van der Waals surface area contributed by atoms with E-state index in [2.05, 4.69) is 9.98 Å². The van der Waals surface area contributed by atoms with E-state index in [9.17, 15) is 12.8 Å². The van der Waals surface area contributed by atoms with E-state index in [1.54, 1.807) is 24.8 Å². The molecule has 0 unspecified atom stereocenters. The fourth-order valence-electron chi connectivity index (χ4n) is 1.78. The van der Waals surface area contributed by atoms with Crippen LogP contribution in [0, 0.1) is 5.82 Å². The van der Waals surface area contributed by atoms with Gasteiger partial charge >= 0.3 is 0 Å². The zero-order chi connectivity index (χ0) is 16.3. The Kier molecular flexibility index (Phi) is 4.54. The van der Waals surface area contributed by atoms with Gasteiger partial charge in [0.2, 0.25) is 0 Å². The van der Waals surface area contributed by atoms with Crippen LogP contribution in [0.2, 0.25) is 0 Å². The Morgan fingerprint density at radius 3 is 2.82 bits per heavy atom. The molecule has 2 aromatic rings. The highest BCUT2D eigenvalue weighted by Gasteiger charge is 2.14. The largest absolute Gasteiger partial charge is 0.331 e. The molecule has 0 aliphatic heterocycles. The molecule has 3 N–H and O–H groups in total. The molecule has 0 spiro atoms. The summed E-state index contributed by atoms with van der Waals surface area (Å²) in [5.74, 6) is -1.49. The number of aryl methyl sites for hydroxylation is 1. The van der Waals surface area contributed by atoms with Gasteiger partial charge in [-0.3, -0.25) is 9.76 Å². The maximum atomic E-state index is 13.2. The third-order valence-corrected chi connectivity index (χ3v) is 3.16. The summed E-state index contributed by atoms with van der Waals surface area (Å²) in [5.41, 5.74) is 2.64. The molecular weight excluding hydrogens is 315 g/mol. The average molecular weight is 328 g/mol. The van der Waals surface area contributed by atoms with Gasteiger partial charge in [0, 0.05) is 18.8 Å². The molecule has 1 heterocycles. The highest BCUT2D eigenvalue weighted by Crippen LogP contribution is 2.19. The normalized spacial score (nSPS) is 12.5. The topological polar surface area (TPSA) is 117 Å². The Morgan fingerprint density at radius 1 is 1.50 bits per heavy atom. The molecule has 1 aromatic carbocycles. The van der Waals surface area contributed by atoms with Crippen molar-refractivity contribution in [2.24, 2.45) is 12.0 Å². The van der Waals surface area contributed by atoms with Crippen LogP contribution in [0.25, 0.3) is 11.3 Å². The lowest BCUT2D eigenvalue weighted by molar-refractivity contribution is 0.234. The second-order valence-electron chi connectivity index (χ2n) is 4.40. The molecule has 0 aliphatic rings. The number of imidazole rings is 1. The van der Waals surface area contributed by atoms with Gasteiger partial charge in [0.25, 0.3) is 10.1 Å². The van der Waals surface area contributed by atoms with Gasteiger partial charge in [0.15, 0.2) is 17.5 Å². The van der Waals surface area contributed by atoms with E-state index in [0.29, 0.717) is 11.3 Å². The second-order valence-corrected chi connectivity index (χ2v) is 5.82. The third kappa shape index (κ3) is 3.87. The van der Waals surface area contributed by atoms with Gasteiger partial charge in [0.1, 0.15) is 5.82 Å². The smallest absolute Gasteiger partial charge is 0.285 e. The van der Waals surface area contributed by atoms with Gasteiger partial charge in [-0.15, -0.1) is 0 Å². The maximum Gasteiger partial charge on any atom is 0.285 e. The number of hydrogen-bond acceptors (Lipinski definition) is 5. The first kappa shape index (κ1) is 16.1. The highest BCUT2D eigenvalue weighted by atomic mass is 32.2. The van der Waals surface area contributed by atoms with Gasteiger partial charge in [-0.2, -0.15) is 8.42 Å². The number of hydrogen-bond donors (Lipinski definition) is 3. The zero-order valence-electron chi connectivity index (χ0n) is 11.4. The molecule has 0 atom stereocenters. The van der Waals surface area contributed by atoms with E-state index in [-0.39, 0.29) is 11.7 Å². The van der Waals surface area contributed by atoms with Crippen LogP contribution in [0.4, 0.5) is 4.39 Å². The van der Waals surface area contributed by atoms with Crippen molar-refractivity contribution in [1.82, 2.24) is 15.0 Å². The Balaban J connectivity index is 2.40. The lowest BCUT2D eigenvalue weighted by Gasteiger charge is -2.03. The molecule has 8 nitrogen and oxygen atoms in total. The molecule has 0 saturated heterocycles. The minimum Gasteiger partial charge on any atom is -0.331 e. The number of rotatable bonds is 4. The molecule has 1 aromatic heterocycles. The predicted molar refractivity (Wildman–Crippen MR) is 76.5 cm³/mol. The summed E-state index contributed by atoms with van der Waals surface area (Å²) >= 11 is 0. The van der Waals surface area contributed by atoms with Crippen LogP contribution in [-0.2, 0) is 17.2 Å². The Morgan fingerprint density at radius 2 is 2.23 bits per heavy atom. The molecule has 22 heavy (non-hydrogen) atoms. The molecule has 118 valence electrons. The maximum absolute atomic E-state index is 13.2. The summed E-state index contributed by atoms with van der Waals surface area (Å²) in [4.78, 5) is 7.69. The number of aliphatic imine (C=N–C) groups is 1. The summed E-state index contributed by atoms with van der Waals surface area (Å²) < 4.78 is 44.8. The summed E-state index contributed by atoms with van der Waals surface area (Å²) in [7, 11) is -2.74. The van der Waals surface area contributed by atoms with Crippen molar-refractivity contribution in [2.45, 2.75) is 0 Å². The summed E-state index contributed by atoms with van der Waals surface area (Å²) in [5, 5.41) is 9.05. The first-order chi connectivity index (χ1) is 10.3. The molecule has 0 fully saturated rings. The van der Waals surface area contributed by atoms with Crippen molar-refractivity contribution in [1.29, 1.82) is 0 Å². The van der Waals surface area contributed by atoms with Crippen LogP contribution < -0.4 is 5.48 Å². The van der Waals surface area contributed by atoms with E-state index < -0.39 is 21.8 Å². The van der Waals surface area contributed by atoms with Gasteiger partial charge in [-0.1, -0.05) is 12.1 Å². The molecule has 0 bridgehead atoms. The first-order valence-corrected chi connectivity index (χ1v) is 7.60. The van der Waals surface area contributed by atoms with Crippen LogP contribution in [0.15, 0.2) is 35.5 Å². The number of nitrogens with one attached hydrogen (secondary N) is 1. The number of nitrogens with zero attached hydrogens (tertiary/aromatic N) is 3. The Hall–Kier alpha value is -2.30. The molecule has 0 radical (unpaired) electrons. The van der Waals surface area contributed by atoms with Crippen molar-refractivity contribution in [3.05, 3.63) is 42.1 Å². The van der Waals surface area contributed by atoms with Crippen molar-refractivity contribution >= 4 is 16.0 Å². The fourth-order valence-corrected chi connectivity index (χ4v) is 2.07.